The zero-order chi connectivity index (χ0) is 12.9. The van der Waals surface area contributed by atoms with Crippen LogP contribution >= 0.6 is 11.3 Å². The van der Waals surface area contributed by atoms with Gasteiger partial charge in [0, 0.05) is 13.1 Å². The van der Waals surface area contributed by atoms with Gasteiger partial charge in [0.25, 0.3) is 10.0 Å². The number of thiophene rings is 1. The molecule has 0 aliphatic carbocycles. The highest BCUT2D eigenvalue weighted by molar-refractivity contribution is 7.91. The molecular weight excluding hydrogens is 262 g/mol. The molecule has 0 atom stereocenters. The maximum atomic E-state index is 12.1. The van der Waals surface area contributed by atoms with E-state index in [0.717, 1.165) is 15.6 Å². The van der Waals surface area contributed by atoms with Gasteiger partial charge in [-0.05, 0) is 11.4 Å². The lowest BCUT2D eigenvalue weighted by Crippen LogP contribution is -2.32. The fraction of sp³-hybridized carbons (Fsp3) is 0.300. The highest BCUT2D eigenvalue weighted by Crippen LogP contribution is 2.20. The number of hydrogen-bond donors (Lipinski definition) is 1. The van der Waals surface area contributed by atoms with Gasteiger partial charge in [0.15, 0.2) is 0 Å². The molecule has 1 N–H and O–H groups in total. The van der Waals surface area contributed by atoms with Gasteiger partial charge in [0.05, 0.1) is 6.42 Å². The topological polar surface area (TPSA) is 74.7 Å². The summed E-state index contributed by atoms with van der Waals surface area (Å²) in [6.45, 7) is 3.52. The molecule has 94 valence electrons. The van der Waals surface area contributed by atoms with E-state index in [1.54, 1.807) is 11.4 Å². The number of nitrogens with zero attached hydrogens (tertiary/aromatic N) is 1. The highest BCUT2D eigenvalue weighted by Gasteiger charge is 2.24. The lowest BCUT2D eigenvalue weighted by atomic mass is 10.4. The summed E-state index contributed by atoms with van der Waals surface area (Å²) in [6, 6.07) is 3.14. The fourth-order valence-electron chi connectivity index (χ4n) is 1.21. The van der Waals surface area contributed by atoms with Crippen molar-refractivity contribution in [1.29, 1.82) is 0 Å². The highest BCUT2D eigenvalue weighted by atomic mass is 32.2. The van der Waals surface area contributed by atoms with Gasteiger partial charge in [-0.25, -0.2) is 8.42 Å². The van der Waals surface area contributed by atoms with Crippen LogP contribution in [0.5, 0.6) is 0 Å². The number of aliphatic carboxylic acids is 1. The van der Waals surface area contributed by atoms with Crippen molar-refractivity contribution in [3.05, 3.63) is 30.2 Å². The van der Waals surface area contributed by atoms with E-state index in [4.69, 9.17) is 5.11 Å². The first-order valence-corrected chi connectivity index (χ1v) is 7.17. The summed E-state index contributed by atoms with van der Waals surface area (Å²) >= 11 is 1.11. The molecule has 0 aliphatic heterocycles. The lowest BCUT2D eigenvalue weighted by Gasteiger charge is -2.18. The average molecular weight is 275 g/mol. The largest absolute Gasteiger partial charge is 0.481 e. The van der Waals surface area contributed by atoms with Gasteiger partial charge in [-0.1, -0.05) is 12.1 Å². The molecule has 0 unspecified atom stereocenters. The van der Waals surface area contributed by atoms with Crippen molar-refractivity contribution in [1.82, 2.24) is 4.31 Å². The fourth-order valence-corrected chi connectivity index (χ4v) is 3.77. The second-order valence-electron chi connectivity index (χ2n) is 3.23. The zero-order valence-electron chi connectivity index (χ0n) is 9.07. The minimum atomic E-state index is -3.60. The van der Waals surface area contributed by atoms with Crippen LogP contribution in [-0.4, -0.2) is 36.9 Å². The third kappa shape index (κ3) is 3.65. The number of carbonyl (C=O) groups is 1. The van der Waals surface area contributed by atoms with Gasteiger partial charge < -0.3 is 5.11 Å². The first-order chi connectivity index (χ1) is 7.98. The molecule has 7 heteroatoms. The Bertz CT molecular complexity index is 478. The normalized spacial score (nSPS) is 11.6. The van der Waals surface area contributed by atoms with Crippen LogP contribution in [0.2, 0.25) is 0 Å². The van der Waals surface area contributed by atoms with Crippen LogP contribution in [-0.2, 0) is 14.8 Å². The molecule has 0 spiro atoms. The standard InChI is InChI=1S/C10H13NO4S2/c1-2-6-11(7-5-9(12)13)17(14,15)10-4-3-8-16-10/h2-4,8H,1,5-7H2,(H,12,13). The van der Waals surface area contributed by atoms with Gasteiger partial charge in [-0.3, -0.25) is 4.79 Å². The molecule has 1 aromatic rings. The Balaban J connectivity index is 2.90. The molecule has 0 saturated heterocycles. The quantitative estimate of drug-likeness (QED) is 0.763. The van der Waals surface area contributed by atoms with Crippen LogP contribution in [0.3, 0.4) is 0 Å². The SMILES string of the molecule is C=CCN(CCC(=O)O)S(=O)(=O)c1cccs1. The molecule has 0 bridgehead atoms. The van der Waals surface area contributed by atoms with Crippen LogP contribution in [0.1, 0.15) is 6.42 Å². The van der Waals surface area contributed by atoms with Crippen LogP contribution in [0, 0.1) is 0 Å². The molecule has 0 fully saturated rings. The van der Waals surface area contributed by atoms with E-state index >= 15 is 0 Å². The van der Waals surface area contributed by atoms with Gasteiger partial charge in [-0.2, -0.15) is 4.31 Å². The second kappa shape index (κ2) is 5.95. The van der Waals surface area contributed by atoms with Crippen LogP contribution < -0.4 is 0 Å². The Morgan fingerprint density at radius 3 is 2.76 bits per heavy atom. The van der Waals surface area contributed by atoms with Gasteiger partial charge in [0.2, 0.25) is 0 Å². The molecule has 17 heavy (non-hydrogen) atoms. The third-order valence-electron chi connectivity index (χ3n) is 2.00. The van der Waals surface area contributed by atoms with E-state index in [-0.39, 0.29) is 23.7 Å². The Kier molecular flexibility index (Phi) is 4.86. The monoisotopic (exact) mass is 275 g/mol. The Labute approximate surface area is 104 Å². The first-order valence-electron chi connectivity index (χ1n) is 4.85. The van der Waals surface area contributed by atoms with E-state index in [9.17, 15) is 13.2 Å². The first kappa shape index (κ1) is 13.9. The number of carboxylic acid groups (broad SMARTS) is 1. The second-order valence-corrected chi connectivity index (χ2v) is 6.34. The molecule has 0 saturated carbocycles. The molecule has 1 rings (SSSR count). The predicted molar refractivity (Wildman–Crippen MR) is 65.5 cm³/mol. The molecule has 1 aromatic heterocycles. The number of rotatable bonds is 7. The molecule has 5 nitrogen and oxygen atoms in total. The third-order valence-corrected chi connectivity index (χ3v) is 5.24. The van der Waals surface area contributed by atoms with Crippen molar-refractivity contribution in [2.75, 3.05) is 13.1 Å². The van der Waals surface area contributed by atoms with Crippen molar-refractivity contribution in [2.45, 2.75) is 10.6 Å². The maximum absolute atomic E-state index is 12.1. The summed E-state index contributed by atoms with van der Waals surface area (Å²) in [5.41, 5.74) is 0. The van der Waals surface area contributed by atoms with Crippen molar-refractivity contribution in [2.24, 2.45) is 0 Å². The van der Waals surface area contributed by atoms with Crippen LogP contribution in [0.15, 0.2) is 34.4 Å². The predicted octanol–water partition coefficient (Wildman–Crippen LogP) is 1.40. The van der Waals surface area contributed by atoms with Gasteiger partial charge >= 0.3 is 5.97 Å². The van der Waals surface area contributed by atoms with Crippen molar-refractivity contribution >= 4 is 27.3 Å². The summed E-state index contributed by atoms with van der Waals surface area (Å²) in [6.07, 6.45) is 1.21. The van der Waals surface area contributed by atoms with E-state index in [1.165, 1.54) is 12.1 Å². The van der Waals surface area contributed by atoms with Gasteiger partial charge in [0.1, 0.15) is 4.21 Å². The Morgan fingerprint density at radius 2 is 2.29 bits per heavy atom. The van der Waals surface area contributed by atoms with Crippen molar-refractivity contribution < 1.29 is 18.3 Å². The zero-order valence-corrected chi connectivity index (χ0v) is 10.7. The minimum absolute atomic E-state index is 0.0540. The summed E-state index contributed by atoms with van der Waals surface area (Å²) in [5.74, 6) is -1.03. The average Bonchev–Trinajstić information content (AvgIpc) is 2.77. The molecule has 0 amide bonds. The van der Waals surface area contributed by atoms with Crippen LogP contribution in [0.25, 0.3) is 0 Å². The summed E-state index contributed by atoms with van der Waals surface area (Å²) in [5, 5.41) is 10.2. The van der Waals surface area contributed by atoms with E-state index in [0.29, 0.717) is 0 Å². The summed E-state index contributed by atoms with van der Waals surface area (Å²) in [7, 11) is -3.60. The van der Waals surface area contributed by atoms with E-state index < -0.39 is 16.0 Å². The maximum Gasteiger partial charge on any atom is 0.304 e. The van der Waals surface area contributed by atoms with Crippen LogP contribution in [0.4, 0.5) is 0 Å². The number of carboxylic acids is 1. The number of hydrogen-bond acceptors (Lipinski definition) is 4. The molecule has 0 radical (unpaired) electrons. The molecular formula is C10H13NO4S2. The molecule has 0 aromatic carbocycles. The lowest BCUT2D eigenvalue weighted by molar-refractivity contribution is -0.137. The minimum Gasteiger partial charge on any atom is -0.481 e. The smallest absolute Gasteiger partial charge is 0.304 e. The summed E-state index contributed by atoms with van der Waals surface area (Å²) < 4.78 is 25.5. The van der Waals surface area contributed by atoms with E-state index in [1.807, 2.05) is 0 Å². The van der Waals surface area contributed by atoms with Crippen molar-refractivity contribution in [3.8, 4) is 0 Å². The number of sulfonamides is 1. The molecule has 0 aliphatic rings. The Morgan fingerprint density at radius 1 is 1.59 bits per heavy atom. The van der Waals surface area contributed by atoms with Crippen molar-refractivity contribution in [3.63, 3.8) is 0 Å². The van der Waals surface area contributed by atoms with Gasteiger partial charge in [-0.15, -0.1) is 17.9 Å². The summed E-state index contributed by atoms with van der Waals surface area (Å²) in [4.78, 5) is 10.5. The Hall–Kier alpha value is -1.18. The van der Waals surface area contributed by atoms with E-state index in [2.05, 4.69) is 6.58 Å². The molecule has 1 heterocycles.